The number of anilines is 1. The number of carboxylic acids is 1. The molecule has 0 saturated heterocycles. The van der Waals surface area contributed by atoms with Crippen LogP contribution < -0.4 is 5.32 Å². The number of carboxylic acid groups (broad SMARTS) is 1. The van der Waals surface area contributed by atoms with E-state index in [0.29, 0.717) is 0 Å². The quantitative estimate of drug-likeness (QED) is 0.864. The number of aryl methyl sites for hydroxylation is 1. The van der Waals surface area contributed by atoms with Crippen LogP contribution >= 0.6 is 0 Å². The summed E-state index contributed by atoms with van der Waals surface area (Å²) >= 11 is 0. The molecule has 3 heteroatoms. The van der Waals surface area contributed by atoms with Gasteiger partial charge in [-0.2, -0.15) is 0 Å². The summed E-state index contributed by atoms with van der Waals surface area (Å²) in [5.41, 5.74) is 2.61. The first-order chi connectivity index (χ1) is 8.68. The Balaban J connectivity index is 2.28. The molecule has 0 aromatic heterocycles. The van der Waals surface area contributed by atoms with Crippen LogP contribution in [0.4, 0.5) is 5.69 Å². The highest BCUT2D eigenvalue weighted by Gasteiger charge is 2.19. The summed E-state index contributed by atoms with van der Waals surface area (Å²) in [6.07, 6.45) is 0. The molecule has 0 aliphatic rings. The maximum Gasteiger partial charge on any atom is 0.330 e. The summed E-state index contributed by atoms with van der Waals surface area (Å²) in [5, 5.41) is 12.4. The summed E-state index contributed by atoms with van der Waals surface area (Å²) in [6, 6.07) is 16.1. The number of hydrogen-bond donors (Lipinski definition) is 2. The molecule has 0 radical (unpaired) electrons. The zero-order valence-corrected chi connectivity index (χ0v) is 10.1. The fourth-order valence-corrected chi connectivity index (χ4v) is 1.82. The highest BCUT2D eigenvalue weighted by molar-refractivity contribution is 5.79. The highest BCUT2D eigenvalue weighted by atomic mass is 16.4. The monoisotopic (exact) mass is 241 g/mol. The van der Waals surface area contributed by atoms with E-state index in [1.165, 1.54) is 0 Å². The molecule has 0 bridgehead atoms. The van der Waals surface area contributed by atoms with Crippen molar-refractivity contribution < 1.29 is 9.90 Å². The minimum atomic E-state index is -0.885. The van der Waals surface area contributed by atoms with E-state index in [1.807, 2.05) is 61.5 Å². The summed E-state index contributed by atoms with van der Waals surface area (Å²) in [5.74, 6) is -0.885. The molecule has 0 heterocycles. The summed E-state index contributed by atoms with van der Waals surface area (Å²) < 4.78 is 0. The molecular formula is C15H15NO2. The van der Waals surface area contributed by atoms with Crippen molar-refractivity contribution in [3.8, 4) is 0 Å². The number of nitrogens with one attached hydrogen (secondary N) is 1. The zero-order chi connectivity index (χ0) is 13.0. The average Bonchev–Trinajstić information content (AvgIpc) is 2.38. The van der Waals surface area contributed by atoms with Gasteiger partial charge in [-0.05, 0) is 24.1 Å². The van der Waals surface area contributed by atoms with Gasteiger partial charge in [-0.3, -0.25) is 0 Å². The maximum absolute atomic E-state index is 11.4. The van der Waals surface area contributed by atoms with E-state index in [4.69, 9.17) is 0 Å². The van der Waals surface area contributed by atoms with Gasteiger partial charge in [-0.1, -0.05) is 48.5 Å². The van der Waals surface area contributed by atoms with E-state index in [2.05, 4.69) is 5.32 Å². The third-order valence-electron chi connectivity index (χ3n) is 2.82. The lowest BCUT2D eigenvalue weighted by Crippen LogP contribution is -2.20. The Hall–Kier alpha value is -2.29. The van der Waals surface area contributed by atoms with Crippen LogP contribution in [-0.2, 0) is 4.79 Å². The number of para-hydroxylation sites is 1. The Kier molecular flexibility index (Phi) is 3.63. The van der Waals surface area contributed by atoms with Gasteiger partial charge in [0.1, 0.15) is 0 Å². The second kappa shape index (κ2) is 5.36. The number of aliphatic carboxylic acids is 1. The molecule has 2 aromatic carbocycles. The van der Waals surface area contributed by atoms with Crippen LogP contribution in [0.3, 0.4) is 0 Å². The Morgan fingerprint density at radius 1 is 1.06 bits per heavy atom. The fraction of sp³-hybridized carbons (Fsp3) is 0.133. The van der Waals surface area contributed by atoms with E-state index in [9.17, 15) is 9.90 Å². The molecule has 0 saturated carbocycles. The van der Waals surface area contributed by atoms with Crippen molar-refractivity contribution in [1.82, 2.24) is 0 Å². The first kappa shape index (κ1) is 12.2. The van der Waals surface area contributed by atoms with E-state index in [0.717, 1.165) is 16.8 Å². The van der Waals surface area contributed by atoms with Crippen molar-refractivity contribution in [2.75, 3.05) is 5.32 Å². The molecule has 0 fully saturated rings. The van der Waals surface area contributed by atoms with Crippen LogP contribution in [0.25, 0.3) is 0 Å². The molecule has 92 valence electrons. The third kappa shape index (κ3) is 2.69. The standard InChI is InChI=1S/C15H15NO2/c1-11-7-5-6-10-13(11)16-14(15(17)18)12-8-3-2-4-9-12/h2-10,14,16H,1H3,(H,17,18)/t14-/m0/s1. The average molecular weight is 241 g/mol. The second-order valence-electron chi connectivity index (χ2n) is 4.14. The zero-order valence-electron chi connectivity index (χ0n) is 10.1. The number of hydrogen-bond acceptors (Lipinski definition) is 2. The van der Waals surface area contributed by atoms with E-state index in [1.54, 1.807) is 0 Å². The largest absolute Gasteiger partial charge is 0.479 e. The molecule has 0 amide bonds. The molecule has 0 aliphatic carbocycles. The molecule has 0 aliphatic heterocycles. The Morgan fingerprint density at radius 2 is 1.67 bits per heavy atom. The fourth-order valence-electron chi connectivity index (χ4n) is 1.82. The van der Waals surface area contributed by atoms with Gasteiger partial charge >= 0.3 is 5.97 Å². The SMILES string of the molecule is Cc1ccccc1N[C@H](C(=O)O)c1ccccc1. The Labute approximate surface area is 106 Å². The minimum Gasteiger partial charge on any atom is -0.479 e. The van der Waals surface area contributed by atoms with Crippen LogP contribution in [0.2, 0.25) is 0 Å². The molecule has 0 spiro atoms. The van der Waals surface area contributed by atoms with Gasteiger partial charge in [0, 0.05) is 5.69 Å². The first-order valence-corrected chi connectivity index (χ1v) is 5.78. The summed E-state index contributed by atoms with van der Waals surface area (Å²) in [4.78, 5) is 11.4. The molecule has 2 aromatic rings. The number of benzene rings is 2. The van der Waals surface area contributed by atoms with Crippen molar-refractivity contribution in [2.24, 2.45) is 0 Å². The smallest absolute Gasteiger partial charge is 0.330 e. The van der Waals surface area contributed by atoms with E-state index in [-0.39, 0.29) is 0 Å². The third-order valence-corrected chi connectivity index (χ3v) is 2.82. The van der Waals surface area contributed by atoms with Crippen LogP contribution in [0.5, 0.6) is 0 Å². The van der Waals surface area contributed by atoms with Gasteiger partial charge in [0.2, 0.25) is 0 Å². The van der Waals surface area contributed by atoms with Crippen LogP contribution in [-0.4, -0.2) is 11.1 Å². The van der Waals surface area contributed by atoms with Crippen LogP contribution in [0, 0.1) is 6.92 Å². The van der Waals surface area contributed by atoms with Gasteiger partial charge in [0.25, 0.3) is 0 Å². The van der Waals surface area contributed by atoms with Gasteiger partial charge in [-0.15, -0.1) is 0 Å². The van der Waals surface area contributed by atoms with Crippen molar-refractivity contribution >= 4 is 11.7 Å². The highest BCUT2D eigenvalue weighted by Crippen LogP contribution is 2.22. The predicted octanol–water partition coefficient (Wildman–Crippen LogP) is 3.23. The van der Waals surface area contributed by atoms with E-state index < -0.39 is 12.0 Å². The molecule has 3 nitrogen and oxygen atoms in total. The molecule has 2 rings (SSSR count). The van der Waals surface area contributed by atoms with Crippen LogP contribution in [0.15, 0.2) is 54.6 Å². The topological polar surface area (TPSA) is 49.3 Å². The van der Waals surface area contributed by atoms with E-state index >= 15 is 0 Å². The molecular weight excluding hydrogens is 226 g/mol. The minimum absolute atomic E-state index is 0.729. The van der Waals surface area contributed by atoms with Crippen molar-refractivity contribution in [3.05, 3.63) is 65.7 Å². The van der Waals surface area contributed by atoms with Gasteiger partial charge < -0.3 is 10.4 Å². The molecule has 1 atom stereocenters. The van der Waals surface area contributed by atoms with Crippen LogP contribution in [0.1, 0.15) is 17.2 Å². The maximum atomic E-state index is 11.4. The number of rotatable bonds is 4. The van der Waals surface area contributed by atoms with Crippen molar-refractivity contribution in [1.29, 1.82) is 0 Å². The Bertz CT molecular complexity index is 537. The summed E-state index contributed by atoms with van der Waals surface area (Å²) in [6.45, 7) is 1.95. The van der Waals surface area contributed by atoms with Crippen molar-refractivity contribution in [3.63, 3.8) is 0 Å². The lowest BCUT2D eigenvalue weighted by molar-refractivity contribution is -0.138. The molecule has 18 heavy (non-hydrogen) atoms. The predicted molar refractivity (Wildman–Crippen MR) is 71.6 cm³/mol. The lowest BCUT2D eigenvalue weighted by atomic mass is 10.1. The first-order valence-electron chi connectivity index (χ1n) is 5.78. The van der Waals surface area contributed by atoms with Gasteiger partial charge in [0.05, 0.1) is 0 Å². The summed E-state index contributed by atoms with van der Waals surface area (Å²) in [7, 11) is 0. The second-order valence-corrected chi connectivity index (χ2v) is 4.14. The lowest BCUT2D eigenvalue weighted by Gasteiger charge is -2.17. The molecule has 0 unspecified atom stereocenters. The normalized spacial score (nSPS) is 11.8. The van der Waals surface area contributed by atoms with Crippen molar-refractivity contribution in [2.45, 2.75) is 13.0 Å². The number of carbonyl (C=O) groups is 1. The Morgan fingerprint density at radius 3 is 2.28 bits per heavy atom. The van der Waals surface area contributed by atoms with Gasteiger partial charge in [0.15, 0.2) is 6.04 Å². The van der Waals surface area contributed by atoms with Gasteiger partial charge in [-0.25, -0.2) is 4.79 Å². The molecule has 2 N–H and O–H groups in total.